The Balaban J connectivity index is 1.68. The maximum absolute atomic E-state index is 12.2. The van der Waals surface area contributed by atoms with Gasteiger partial charge in [-0.15, -0.1) is 11.3 Å². The molecular formula is C20H17ClN2O4S. The van der Waals surface area contributed by atoms with Gasteiger partial charge in [0.15, 0.2) is 11.4 Å². The minimum Gasteiger partial charge on any atom is -0.496 e. The number of nitrogens with zero attached hydrogens (tertiary/aromatic N) is 2. The van der Waals surface area contributed by atoms with Crippen LogP contribution in [0.1, 0.15) is 15.9 Å². The number of hydrogen-bond donors (Lipinski definition) is 0. The molecule has 28 heavy (non-hydrogen) atoms. The number of aromatic nitrogens is 1. The molecule has 0 aliphatic heterocycles. The number of para-hydroxylation sites is 1. The fraction of sp³-hybridized carbons (Fsp3) is 0.150. The Labute approximate surface area is 170 Å². The molecule has 0 aliphatic rings. The van der Waals surface area contributed by atoms with Crippen molar-refractivity contribution >= 4 is 34.8 Å². The van der Waals surface area contributed by atoms with Crippen LogP contribution in [0.4, 0.5) is 0 Å². The predicted octanol–water partition coefficient (Wildman–Crippen LogP) is 3.54. The number of hydrogen-bond acceptors (Lipinski definition) is 5. The standard InChI is InChI=1S/C20H17ClN2O4S/c1-26-17-9-5-3-7-15(17)19(25)27-13-18(24)22-20-23(10-11-28-20)12-14-6-2-4-8-16(14)21/h2-11H,12-13H2,1H3. The summed E-state index contributed by atoms with van der Waals surface area (Å²) in [6.45, 7) is 0.0250. The molecule has 1 heterocycles. The van der Waals surface area contributed by atoms with Gasteiger partial charge in [0.1, 0.15) is 11.3 Å². The van der Waals surface area contributed by atoms with Gasteiger partial charge in [0.05, 0.1) is 13.7 Å². The Morgan fingerprint density at radius 2 is 1.89 bits per heavy atom. The summed E-state index contributed by atoms with van der Waals surface area (Å²) in [5.41, 5.74) is 1.17. The minimum atomic E-state index is -0.642. The number of thiazole rings is 1. The van der Waals surface area contributed by atoms with Crippen molar-refractivity contribution in [2.24, 2.45) is 4.99 Å². The highest BCUT2D eigenvalue weighted by atomic mass is 35.5. The van der Waals surface area contributed by atoms with Crippen molar-refractivity contribution in [1.29, 1.82) is 0 Å². The Bertz CT molecular complexity index is 1060. The molecule has 0 aliphatic carbocycles. The van der Waals surface area contributed by atoms with Crippen molar-refractivity contribution < 1.29 is 19.1 Å². The van der Waals surface area contributed by atoms with E-state index in [-0.39, 0.29) is 5.56 Å². The Morgan fingerprint density at radius 3 is 2.68 bits per heavy atom. The third kappa shape index (κ3) is 4.88. The second-order valence-electron chi connectivity index (χ2n) is 5.69. The largest absolute Gasteiger partial charge is 0.496 e. The molecule has 1 amide bonds. The molecule has 0 radical (unpaired) electrons. The average molecular weight is 417 g/mol. The summed E-state index contributed by atoms with van der Waals surface area (Å²) in [5, 5.41) is 2.47. The van der Waals surface area contributed by atoms with Crippen molar-refractivity contribution in [2.75, 3.05) is 13.7 Å². The second kappa shape index (κ2) is 9.34. The van der Waals surface area contributed by atoms with Gasteiger partial charge in [-0.2, -0.15) is 4.99 Å². The first-order chi connectivity index (χ1) is 13.6. The van der Waals surface area contributed by atoms with Crippen molar-refractivity contribution in [3.63, 3.8) is 0 Å². The summed E-state index contributed by atoms with van der Waals surface area (Å²) >= 11 is 7.50. The van der Waals surface area contributed by atoms with Gasteiger partial charge >= 0.3 is 5.97 Å². The lowest BCUT2D eigenvalue weighted by atomic mass is 10.2. The maximum Gasteiger partial charge on any atom is 0.342 e. The minimum absolute atomic E-state index is 0.253. The van der Waals surface area contributed by atoms with Crippen LogP contribution in [-0.2, 0) is 16.1 Å². The molecule has 3 rings (SSSR count). The Hall–Kier alpha value is -2.90. The van der Waals surface area contributed by atoms with Crippen LogP contribution in [0.2, 0.25) is 5.02 Å². The highest BCUT2D eigenvalue weighted by Crippen LogP contribution is 2.18. The summed E-state index contributed by atoms with van der Waals surface area (Å²) in [7, 11) is 1.46. The van der Waals surface area contributed by atoms with E-state index >= 15 is 0 Å². The summed E-state index contributed by atoms with van der Waals surface area (Å²) in [5.74, 6) is -0.817. The van der Waals surface area contributed by atoms with Crippen molar-refractivity contribution in [3.05, 3.63) is 81.1 Å². The zero-order chi connectivity index (χ0) is 19.9. The van der Waals surface area contributed by atoms with E-state index < -0.39 is 18.5 Å². The number of rotatable bonds is 6. The molecule has 3 aromatic rings. The van der Waals surface area contributed by atoms with E-state index in [4.69, 9.17) is 21.1 Å². The maximum atomic E-state index is 12.2. The Morgan fingerprint density at radius 1 is 1.14 bits per heavy atom. The molecule has 0 unspecified atom stereocenters. The van der Waals surface area contributed by atoms with E-state index in [1.165, 1.54) is 18.4 Å². The lowest BCUT2D eigenvalue weighted by Gasteiger charge is -2.07. The molecule has 0 atom stereocenters. The van der Waals surface area contributed by atoms with E-state index in [0.717, 1.165) is 5.56 Å². The highest BCUT2D eigenvalue weighted by Gasteiger charge is 2.14. The molecule has 8 heteroatoms. The summed E-state index contributed by atoms with van der Waals surface area (Å²) < 4.78 is 12.0. The molecule has 0 saturated carbocycles. The SMILES string of the molecule is COc1ccccc1C(=O)OCC(=O)N=c1sccn1Cc1ccccc1Cl. The number of esters is 1. The van der Waals surface area contributed by atoms with Gasteiger partial charge < -0.3 is 14.0 Å². The van der Waals surface area contributed by atoms with Gasteiger partial charge in [-0.1, -0.05) is 41.9 Å². The normalized spacial score (nSPS) is 11.3. The van der Waals surface area contributed by atoms with Crippen LogP contribution < -0.4 is 9.54 Å². The van der Waals surface area contributed by atoms with Crippen LogP contribution >= 0.6 is 22.9 Å². The molecule has 2 aromatic carbocycles. The van der Waals surface area contributed by atoms with E-state index in [9.17, 15) is 9.59 Å². The van der Waals surface area contributed by atoms with Crippen LogP contribution in [0.25, 0.3) is 0 Å². The van der Waals surface area contributed by atoms with E-state index in [0.29, 0.717) is 22.1 Å². The van der Waals surface area contributed by atoms with Crippen LogP contribution in [-0.4, -0.2) is 30.2 Å². The van der Waals surface area contributed by atoms with Crippen molar-refractivity contribution in [2.45, 2.75) is 6.54 Å². The van der Waals surface area contributed by atoms with Gasteiger partial charge in [-0.25, -0.2) is 4.79 Å². The summed E-state index contributed by atoms with van der Waals surface area (Å²) in [6, 6.07) is 14.1. The number of methoxy groups -OCH3 is 1. The first-order valence-electron chi connectivity index (χ1n) is 8.33. The number of benzene rings is 2. The first-order valence-corrected chi connectivity index (χ1v) is 9.59. The van der Waals surface area contributed by atoms with Gasteiger partial charge in [0.2, 0.25) is 0 Å². The third-order valence-corrected chi connectivity index (χ3v) is 5.00. The number of carbonyl (C=O) groups excluding carboxylic acids is 2. The zero-order valence-electron chi connectivity index (χ0n) is 15.0. The molecule has 6 nitrogen and oxygen atoms in total. The monoisotopic (exact) mass is 416 g/mol. The smallest absolute Gasteiger partial charge is 0.342 e. The molecule has 1 aromatic heterocycles. The van der Waals surface area contributed by atoms with E-state index in [2.05, 4.69) is 4.99 Å². The molecular weight excluding hydrogens is 400 g/mol. The quantitative estimate of drug-likeness (QED) is 0.576. The van der Waals surface area contributed by atoms with Crippen LogP contribution in [0.3, 0.4) is 0 Å². The van der Waals surface area contributed by atoms with Gasteiger partial charge in [-0.3, -0.25) is 4.79 Å². The average Bonchev–Trinajstić information content (AvgIpc) is 3.14. The summed E-state index contributed by atoms with van der Waals surface area (Å²) in [6.07, 6.45) is 1.82. The second-order valence-corrected chi connectivity index (χ2v) is 6.97. The van der Waals surface area contributed by atoms with Crippen molar-refractivity contribution in [1.82, 2.24) is 4.57 Å². The molecule has 0 bridgehead atoms. The number of carbonyl (C=O) groups is 2. The molecule has 0 spiro atoms. The number of ether oxygens (including phenoxy) is 2. The molecule has 144 valence electrons. The van der Waals surface area contributed by atoms with Gasteiger partial charge in [0.25, 0.3) is 5.91 Å². The predicted molar refractivity (Wildman–Crippen MR) is 107 cm³/mol. The number of halogens is 1. The molecule has 0 saturated heterocycles. The fourth-order valence-electron chi connectivity index (χ4n) is 2.47. The van der Waals surface area contributed by atoms with Crippen molar-refractivity contribution in [3.8, 4) is 5.75 Å². The summed E-state index contributed by atoms with van der Waals surface area (Å²) in [4.78, 5) is 28.9. The van der Waals surface area contributed by atoms with Crippen LogP contribution in [0, 0.1) is 0 Å². The lowest BCUT2D eigenvalue weighted by Crippen LogP contribution is -2.20. The molecule has 0 N–H and O–H groups in total. The Kier molecular flexibility index (Phi) is 6.62. The molecule has 0 fully saturated rings. The topological polar surface area (TPSA) is 69.9 Å². The van der Waals surface area contributed by atoms with Gasteiger partial charge in [-0.05, 0) is 23.8 Å². The third-order valence-electron chi connectivity index (χ3n) is 3.83. The fourth-order valence-corrected chi connectivity index (χ4v) is 3.41. The van der Waals surface area contributed by atoms with Crippen LogP contribution in [0.5, 0.6) is 5.75 Å². The van der Waals surface area contributed by atoms with Crippen LogP contribution in [0.15, 0.2) is 65.1 Å². The lowest BCUT2D eigenvalue weighted by molar-refractivity contribution is -0.121. The highest BCUT2D eigenvalue weighted by molar-refractivity contribution is 7.07. The van der Waals surface area contributed by atoms with E-state index in [1.807, 2.05) is 40.4 Å². The first kappa shape index (κ1) is 19.9. The number of amides is 1. The van der Waals surface area contributed by atoms with Gasteiger partial charge in [0, 0.05) is 16.6 Å². The van der Waals surface area contributed by atoms with E-state index in [1.54, 1.807) is 24.3 Å². The zero-order valence-corrected chi connectivity index (χ0v) is 16.6.